The van der Waals surface area contributed by atoms with E-state index in [1.165, 1.54) is 74.2 Å². The molecule has 2 aliphatic rings. The Morgan fingerprint density at radius 2 is 0.932 bits per heavy atom. The highest BCUT2D eigenvalue weighted by atomic mass is 32.2. The van der Waals surface area contributed by atoms with Crippen LogP contribution in [-0.2, 0) is 49.9 Å². The molecule has 0 aliphatic heterocycles. The van der Waals surface area contributed by atoms with Crippen molar-refractivity contribution in [2.45, 2.75) is 23.6 Å². The quantitative estimate of drug-likeness (QED) is 0.0504. The third-order valence-electron chi connectivity index (χ3n) is 10.1. The van der Waals surface area contributed by atoms with Crippen molar-refractivity contribution in [3.63, 3.8) is 0 Å². The van der Waals surface area contributed by atoms with Gasteiger partial charge in [-0.3, -0.25) is 49.3 Å². The van der Waals surface area contributed by atoms with Gasteiger partial charge in [-0.25, -0.2) is 14.2 Å². The number of ketones is 2. The summed E-state index contributed by atoms with van der Waals surface area (Å²) >= 11 is 0. The molecule has 2 aliphatic carbocycles. The highest BCUT2D eigenvalue weighted by Crippen LogP contribution is 2.37. The zero-order valence-electron chi connectivity index (χ0n) is 37.5. The predicted molar refractivity (Wildman–Crippen MR) is 254 cm³/mol. The minimum Gasteiger partial charge on any atom is -0.494 e. The molecule has 8 N–H and O–H groups in total. The molecule has 0 saturated heterocycles. The SMILES string of the molecule is CCOC(=O)Nc1cc(S(=O)(=O)O)cc2c1C(=O)/C(=N/Nc1ccc(-n3on3-c3ccc(N/N=C4\C(=O)c5c(cc(S(=O)(=O)O)cc5NC(=O)OCC)C=C4S(=O)(=O)O)c(OC)c3)cc1OC)C(S(=O)(=O)O)=C2. The van der Waals surface area contributed by atoms with Gasteiger partial charge in [0.1, 0.15) is 32.7 Å². The van der Waals surface area contributed by atoms with Gasteiger partial charge in [-0.15, -0.1) is 0 Å². The second kappa shape index (κ2) is 19.8. The first-order valence-electron chi connectivity index (χ1n) is 20.2. The third kappa shape index (κ3) is 11.2. The van der Waals surface area contributed by atoms with E-state index >= 15 is 0 Å². The van der Waals surface area contributed by atoms with Gasteiger partial charge in [-0.05, 0) is 85.7 Å². The fourth-order valence-corrected chi connectivity index (χ4v) is 9.32. The fourth-order valence-electron chi connectivity index (χ4n) is 6.92. The molecule has 0 bridgehead atoms. The standard InChI is InChI=1S/C40H36N8O21S4/c1-5-67-39(51)41-27-17-23(70(53,54)55)11-19-13-31(72(59,60)61)35(37(49)33(19)27)45-43-25-9-7-21(15-29(25)65-3)47-48(69-47)22-8-10-26(30(16-22)66-4)44-46-36-32(73(62,63)64)14-20-12-24(71(56,57)58)18-28(34(20)38(36)50)42-40(52)68-6-2/h7-18,43-44H,5-6H2,1-4H3,(H,41,51)(H,42,52)(H,53,54,55)(H,56,57,58)(H,59,60,61)(H,62,63,64)/b45-35-,46-36+. The number of benzene rings is 4. The van der Waals surface area contributed by atoms with Crippen molar-refractivity contribution in [2.24, 2.45) is 10.2 Å². The molecule has 73 heavy (non-hydrogen) atoms. The molecule has 33 heteroatoms. The number of aromatic nitrogens is 2. The number of methoxy groups -OCH3 is 2. The van der Waals surface area contributed by atoms with Crippen molar-refractivity contribution in [3.05, 3.63) is 92.7 Å². The predicted octanol–water partition coefficient (Wildman–Crippen LogP) is 4.29. The summed E-state index contributed by atoms with van der Waals surface area (Å²) in [5, 5.41) is 12.2. The zero-order valence-corrected chi connectivity index (χ0v) is 40.8. The van der Waals surface area contributed by atoms with Crippen LogP contribution in [0.2, 0.25) is 0 Å². The number of carbonyl (C=O) groups excluding carboxylic acids is 4. The van der Waals surface area contributed by atoms with Crippen molar-refractivity contribution >= 4 is 111 Å². The number of hydrogen-bond donors (Lipinski definition) is 8. The molecule has 1 aromatic heterocycles. The van der Waals surface area contributed by atoms with E-state index in [0.717, 1.165) is 24.3 Å². The van der Waals surface area contributed by atoms with Crippen LogP contribution in [0.1, 0.15) is 45.7 Å². The first-order valence-corrected chi connectivity index (χ1v) is 25.9. The average Bonchev–Trinajstić information content (AvgIpc) is 4.10. The lowest BCUT2D eigenvalue weighted by molar-refractivity contribution is 0.105. The number of ether oxygens (including phenoxy) is 4. The van der Waals surface area contributed by atoms with E-state index in [2.05, 4.69) is 31.7 Å². The average molecular weight is 1090 g/mol. The van der Waals surface area contributed by atoms with Gasteiger partial charge in [0.25, 0.3) is 40.5 Å². The molecular weight excluding hydrogens is 1060 g/mol. The Kier molecular flexibility index (Phi) is 14.3. The van der Waals surface area contributed by atoms with E-state index in [1.54, 1.807) is 0 Å². The largest absolute Gasteiger partial charge is 0.494 e. The summed E-state index contributed by atoms with van der Waals surface area (Å²) in [6.45, 7) is 2.62. The van der Waals surface area contributed by atoms with Crippen molar-refractivity contribution in [2.75, 3.05) is 48.9 Å². The van der Waals surface area contributed by atoms with Crippen molar-refractivity contribution in [3.8, 4) is 22.9 Å². The van der Waals surface area contributed by atoms with Crippen LogP contribution in [-0.4, -0.2) is 124 Å². The van der Waals surface area contributed by atoms with Gasteiger partial charge in [0.2, 0.25) is 11.6 Å². The summed E-state index contributed by atoms with van der Waals surface area (Å²) in [5.41, 5.74) is 0.805. The van der Waals surface area contributed by atoms with Gasteiger partial charge in [-0.1, -0.05) is 9.71 Å². The number of fused-ring (bicyclic) bond motifs is 2. The van der Waals surface area contributed by atoms with Gasteiger partial charge in [0.05, 0.1) is 71.1 Å². The molecule has 5 aromatic rings. The highest BCUT2D eigenvalue weighted by Gasteiger charge is 2.38. The Morgan fingerprint density at radius 1 is 0.562 bits per heavy atom. The van der Waals surface area contributed by atoms with Crippen LogP contribution in [0.25, 0.3) is 23.5 Å². The number of hydrogen-bond acceptors (Lipinski definition) is 21. The van der Waals surface area contributed by atoms with E-state index in [1.807, 2.05) is 0 Å². The van der Waals surface area contributed by atoms with E-state index in [0.29, 0.717) is 12.2 Å². The van der Waals surface area contributed by atoms with Gasteiger partial charge >= 0.3 is 12.2 Å². The van der Waals surface area contributed by atoms with Crippen LogP contribution in [0.15, 0.2) is 95.1 Å². The van der Waals surface area contributed by atoms with Gasteiger partial charge < -0.3 is 18.9 Å². The minimum absolute atomic E-state index is 0.00650. The number of Topliss-reactive ketones (excluding diaryl/α,β-unsaturated/α-hetero) is 2. The maximum Gasteiger partial charge on any atom is 0.411 e. The van der Waals surface area contributed by atoms with E-state index < -0.39 is 129 Å². The lowest BCUT2D eigenvalue weighted by Gasteiger charge is -2.20. The summed E-state index contributed by atoms with van der Waals surface area (Å²) in [6.07, 6.45) is -0.895. The molecule has 0 spiro atoms. The molecule has 4 aromatic carbocycles. The third-order valence-corrected chi connectivity index (χ3v) is 13.5. The number of rotatable bonds is 16. The van der Waals surface area contributed by atoms with Crippen LogP contribution in [0, 0.1) is 0 Å². The highest BCUT2D eigenvalue weighted by molar-refractivity contribution is 7.91. The van der Waals surface area contributed by atoms with E-state index in [4.69, 9.17) is 23.6 Å². The number of carbonyl (C=O) groups is 4. The second-order valence-corrected chi connectivity index (χ2v) is 20.3. The summed E-state index contributed by atoms with van der Waals surface area (Å²) in [4.78, 5) is 51.1. The lowest BCUT2D eigenvalue weighted by atomic mass is 9.93. The Balaban J connectivity index is 1.16. The summed E-state index contributed by atoms with van der Waals surface area (Å²) in [5.74, 6) is -2.44. The van der Waals surface area contributed by atoms with E-state index in [-0.39, 0.29) is 47.5 Å². The topological polar surface area (TPSA) is 419 Å². The maximum atomic E-state index is 13.9. The summed E-state index contributed by atoms with van der Waals surface area (Å²) in [7, 11) is -18.0. The molecule has 386 valence electrons. The van der Waals surface area contributed by atoms with Crippen LogP contribution in [0.4, 0.5) is 32.3 Å². The molecular formula is C40H36N8O21S4. The van der Waals surface area contributed by atoms with Crippen molar-refractivity contribution in [1.82, 2.24) is 9.71 Å². The van der Waals surface area contributed by atoms with Crippen molar-refractivity contribution in [1.29, 1.82) is 0 Å². The molecule has 0 atom stereocenters. The monoisotopic (exact) mass is 1090 g/mol. The van der Waals surface area contributed by atoms with E-state index in [9.17, 15) is 71.1 Å². The summed E-state index contributed by atoms with van der Waals surface area (Å²) in [6, 6.07) is 11.3. The first-order chi connectivity index (χ1) is 34.2. The number of amides is 2. The number of allylic oxidation sites excluding steroid dienone is 2. The molecule has 7 rings (SSSR count). The normalized spacial score (nSPS) is 15.0. The van der Waals surface area contributed by atoms with Gasteiger partial charge in [0.15, 0.2) is 11.4 Å². The lowest BCUT2D eigenvalue weighted by Crippen LogP contribution is -2.29. The Morgan fingerprint density at radius 3 is 1.25 bits per heavy atom. The molecule has 1 heterocycles. The van der Waals surface area contributed by atoms with Crippen LogP contribution < -0.4 is 31.0 Å². The van der Waals surface area contributed by atoms with Crippen LogP contribution in [0.3, 0.4) is 0 Å². The summed E-state index contributed by atoms with van der Waals surface area (Å²) < 4.78 is 164. The smallest absolute Gasteiger partial charge is 0.411 e. The Bertz CT molecular complexity index is 3530. The molecule has 0 fully saturated rings. The fraction of sp³-hybridized carbons (Fsp3) is 0.150. The molecule has 0 unspecified atom stereocenters. The van der Waals surface area contributed by atoms with Crippen LogP contribution >= 0.6 is 0 Å². The molecule has 0 saturated carbocycles. The molecule has 2 amide bonds. The number of nitrogens with zero attached hydrogens (tertiary/aromatic N) is 4. The Hall–Kier alpha value is -8.18. The van der Waals surface area contributed by atoms with Crippen molar-refractivity contribution < 1.29 is 94.6 Å². The molecule has 0 radical (unpaired) electrons. The number of nitrogens with one attached hydrogen (secondary N) is 4. The van der Waals surface area contributed by atoms with Gasteiger partial charge in [0, 0.05) is 12.1 Å². The number of hydrazone groups is 2. The first kappa shape index (κ1) is 52.6. The van der Waals surface area contributed by atoms with Gasteiger partial charge in [-0.2, -0.15) is 43.9 Å². The Labute approximate surface area is 411 Å². The van der Waals surface area contributed by atoms with Crippen LogP contribution in [0.5, 0.6) is 11.5 Å². The minimum atomic E-state index is -5.27. The maximum absolute atomic E-state index is 13.9. The second-order valence-electron chi connectivity index (χ2n) is 14.7. The zero-order chi connectivity index (χ0) is 53.5. The molecule has 29 nitrogen and oxygen atoms in total. The number of anilines is 4.